The number of rotatable bonds is 4. The molecule has 0 saturated carbocycles. The number of aliphatic hydroxyl groups excluding tert-OH is 1. The van der Waals surface area contributed by atoms with Crippen molar-refractivity contribution < 1.29 is 19.3 Å². The molecule has 1 atom stereocenters. The van der Waals surface area contributed by atoms with Crippen molar-refractivity contribution >= 4 is 0 Å². The summed E-state index contributed by atoms with van der Waals surface area (Å²) in [4.78, 5) is 0. The van der Waals surface area contributed by atoms with Crippen molar-refractivity contribution in [3.63, 3.8) is 0 Å². The van der Waals surface area contributed by atoms with Crippen LogP contribution in [0, 0.1) is 0 Å². The summed E-state index contributed by atoms with van der Waals surface area (Å²) >= 11 is 0. The first-order valence-electron chi connectivity index (χ1n) is 5.29. The first kappa shape index (κ1) is 11.2. The van der Waals surface area contributed by atoms with Crippen molar-refractivity contribution in [3.05, 3.63) is 23.3 Å². The Morgan fingerprint density at radius 1 is 1.44 bits per heavy atom. The minimum absolute atomic E-state index is 0.0156. The van der Waals surface area contributed by atoms with Gasteiger partial charge in [-0.25, -0.2) is 0 Å². The zero-order valence-electron chi connectivity index (χ0n) is 9.53. The molecule has 1 aliphatic heterocycles. The van der Waals surface area contributed by atoms with Gasteiger partial charge >= 0.3 is 0 Å². The maximum absolute atomic E-state index is 9.27. The summed E-state index contributed by atoms with van der Waals surface area (Å²) in [6.45, 7) is 2.79. The van der Waals surface area contributed by atoms with E-state index in [9.17, 15) is 5.11 Å². The van der Waals surface area contributed by atoms with E-state index in [4.69, 9.17) is 14.2 Å². The first-order chi connectivity index (χ1) is 7.77. The van der Waals surface area contributed by atoms with Gasteiger partial charge in [0, 0.05) is 25.2 Å². The zero-order valence-corrected chi connectivity index (χ0v) is 9.53. The van der Waals surface area contributed by atoms with E-state index in [-0.39, 0.29) is 19.3 Å². The summed E-state index contributed by atoms with van der Waals surface area (Å²) in [6, 6.07) is 3.84. The van der Waals surface area contributed by atoms with Gasteiger partial charge in [-0.1, -0.05) is 13.0 Å². The molecule has 1 aromatic carbocycles. The second-order valence-corrected chi connectivity index (χ2v) is 3.89. The molecule has 16 heavy (non-hydrogen) atoms. The van der Waals surface area contributed by atoms with Crippen molar-refractivity contribution in [2.75, 3.05) is 20.5 Å². The van der Waals surface area contributed by atoms with E-state index in [0.29, 0.717) is 6.61 Å². The van der Waals surface area contributed by atoms with E-state index in [1.54, 1.807) is 7.11 Å². The molecule has 88 valence electrons. The Morgan fingerprint density at radius 2 is 2.25 bits per heavy atom. The zero-order chi connectivity index (χ0) is 11.5. The smallest absolute Gasteiger partial charge is 0.231 e. The fraction of sp³-hybridized carbons (Fsp3) is 0.500. The molecule has 0 bridgehead atoms. The lowest BCUT2D eigenvalue weighted by atomic mass is 9.95. The van der Waals surface area contributed by atoms with Crippen LogP contribution in [0.15, 0.2) is 12.1 Å². The SMILES string of the molecule is COCc1ccc2c(c1C(C)CO)OCO2. The van der Waals surface area contributed by atoms with E-state index >= 15 is 0 Å². The lowest BCUT2D eigenvalue weighted by molar-refractivity contribution is 0.170. The van der Waals surface area contributed by atoms with Crippen LogP contribution in [0.2, 0.25) is 0 Å². The Bertz CT molecular complexity index is 376. The third kappa shape index (κ3) is 1.86. The molecule has 0 amide bonds. The van der Waals surface area contributed by atoms with Crippen LogP contribution < -0.4 is 9.47 Å². The summed E-state index contributed by atoms with van der Waals surface area (Å²) in [5.74, 6) is 1.51. The minimum Gasteiger partial charge on any atom is -0.454 e. The van der Waals surface area contributed by atoms with Crippen molar-refractivity contribution in [2.45, 2.75) is 19.4 Å². The van der Waals surface area contributed by atoms with E-state index in [1.807, 2.05) is 19.1 Å². The van der Waals surface area contributed by atoms with Crippen LogP contribution >= 0.6 is 0 Å². The molecule has 0 fully saturated rings. The topological polar surface area (TPSA) is 47.9 Å². The predicted octanol–water partition coefficient (Wildman–Crippen LogP) is 1.66. The molecule has 1 heterocycles. The number of benzene rings is 1. The lowest BCUT2D eigenvalue weighted by Gasteiger charge is -2.16. The number of ether oxygens (including phenoxy) is 3. The van der Waals surface area contributed by atoms with Gasteiger partial charge in [-0.3, -0.25) is 0 Å². The van der Waals surface area contributed by atoms with Crippen LogP contribution in [0.25, 0.3) is 0 Å². The molecular weight excluding hydrogens is 208 g/mol. The minimum atomic E-state index is 0.0156. The highest BCUT2D eigenvalue weighted by atomic mass is 16.7. The molecule has 0 aromatic heterocycles. The Kier molecular flexibility index (Phi) is 3.31. The standard InChI is InChI=1S/C12H16O4/c1-8(5-13)11-9(6-14-2)3-4-10-12(11)16-7-15-10/h3-4,8,13H,5-7H2,1-2H3. The average molecular weight is 224 g/mol. The van der Waals surface area contributed by atoms with Gasteiger partial charge < -0.3 is 19.3 Å². The second-order valence-electron chi connectivity index (χ2n) is 3.89. The number of fused-ring (bicyclic) bond motifs is 1. The average Bonchev–Trinajstić information content (AvgIpc) is 2.76. The maximum atomic E-state index is 9.27. The Balaban J connectivity index is 2.46. The van der Waals surface area contributed by atoms with Crippen LogP contribution in [0.4, 0.5) is 0 Å². The molecular formula is C12H16O4. The third-order valence-electron chi connectivity index (χ3n) is 2.73. The highest BCUT2D eigenvalue weighted by molar-refractivity contribution is 5.53. The fourth-order valence-electron chi connectivity index (χ4n) is 1.95. The van der Waals surface area contributed by atoms with Crippen molar-refractivity contribution in [3.8, 4) is 11.5 Å². The van der Waals surface area contributed by atoms with Crippen LogP contribution in [-0.4, -0.2) is 25.6 Å². The predicted molar refractivity (Wildman–Crippen MR) is 58.8 cm³/mol. The summed E-state index contributed by atoms with van der Waals surface area (Å²) in [5.41, 5.74) is 2.02. The molecule has 0 spiro atoms. The molecule has 4 nitrogen and oxygen atoms in total. The maximum Gasteiger partial charge on any atom is 0.231 e. The van der Waals surface area contributed by atoms with Gasteiger partial charge in [0.2, 0.25) is 6.79 Å². The monoisotopic (exact) mass is 224 g/mol. The highest BCUT2D eigenvalue weighted by Crippen LogP contribution is 2.41. The normalized spacial score (nSPS) is 15.2. The number of hydrogen-bond acceptors (Lipinski definition) is 4. The van der Waals surface area contributed by atoms with Crippen molar-refractivity contribution in [1.29, 1.82) is 0 Å². The Hall–Kier alpha value is -1.26. The summed E-state index contributed by atoms with van der Waals surface area (Å²) < 4.78 is 15.9. The largest absolute Gasteiger partial charge is 0.454 e. The van der Waals surface area contributed by atoms with Gasteiger partial charge in [0.25, 0.3) is 0 Å². The molecule has 0 saturated heterocycles. The van der Waals surface area contributed by atoms with Gasteiger partial charge in [-0.15, -0.1) is 0 Å². The molecule has 0 radical (unpaired) electrons. The van der Waals surface area contributed by atoms with Crippen LogP contribution in [0.5, 0.6) is 11.5 Å². The lowest BCUT2D eigenvalue weighted by Crippen LogP contribution is -2.06. The van der Waals surface area contributed by atoms with E-state index in [1.165, 1.54) is 0 Å². The van der Waals surface area contributed by atoms with Crippen molar-refractivity contribution in [1.82, 2.24) is 0 Å². The Labute approximate surface area is 94.8 Å². The Morgan fingerprint density at radius 3 is 2.94 bits per heavy atom. The summed E-state index contributed by atoms with van der Waals surface area (Å²) in [6.07, 6.45) is 0. The molecule has 0 aliphatic carbocycles. The van der Waals surface area contributed by atoms with Crippen molar-refractivity contribution in [2.24, 2.45) is 0 Å². The molecule has 2 rings (SSSR count). The number of hydrogen-bond donors (Lipinski definition) is 1. The molecule has 1 unspecified atom stereocenters. The number of aliphatic hydroxyl groups is 1. The molecule has 1 aromatic rings. The van der Waals surface area contributed by atoms with Gasteiger partial charge in [-0.2, -0.15) is 0 Å². The van der Waals surface area contributed by atoms with E-state index < -0.39 is 0 Å². The summed E-state index contributed by atoms with van der Waals surface area (Å²) in [5, 5.41) is 9.27. The quantitative estimate of drug-likeness (QED) is 0.845. The van der Waals surface area contributed by atoms with E-state index in [2.05, 4.69) is 0 Å². The summed E-state index contributed by atoms with van der Waals surface area (Å²) in [7, 11) is 1.65. The molecule has 4 heteroatoms. The molecule has 1 aliphatic rings. The number of methoxy groups -OCH3 is 1. The highest BCUT2D eigenvalue weighted by Gasteiger charge is 2.23. The van der Waals surface area contributed by atoms with Gasteiger partial charge in [-0.05, 0) is 11.6 Å². The fourth-order valence-corrected chi connectivity index (χ4v) is 1.95. The first-order valence-corrected chi connectivity index (χ1v) is 5.29. The van der Waals surface area contributed by atoms with Gasteiger partial charge in [0.15, 0.2) is 11.5 Å². The van der Waals surface area contributed by atoms with Crippen LogP contribution in [0.3, 0.4) is 0 Å². The van der Waals surface area contributed by atoms with Crippen LogP contribution in [-0.2, 0) is 11.3 Å². The second kappa shape index (κ2) is 4.72. The molecule has 1 N–H and O–H groups in total. The van der Waals surface area contributed by atoms with Gasteiger partial charge in [0.05, 0.1) is 6.61 Å². The van der Waals surface area contributed by atoms with E-state index in [0.717, 1.165) is 22.6 Å². The van der Waals surface area contributed by atoms with Gasteiger partial charge in [0.1, 0.15) is 0 Å². The third-order valence-corrected chi connectivity index (χ3v) is 2.73. The van der Waals surface area contributed by atoms with Crippen LogP contribution in [0.1, 0.15) is 24.0 Å².